The van der Waals surface area contributed by atoms with Crippen molar-refractivity contribution in [2.24, 2.45) is 0 Å². The molecule has 0 aliphatic carbocycles. The molecule has 0 saturated carbocycles. The number of hydrogen-bond donors (Lipinski definition) is 0. The molecule has 15 rings (SSSR count). The molecule has 1 heterocycles. The molecule has 366 valence electrons. The lowest BCUT2D eigenvalue weighted by Crippen LogP contribution is -2.10. The van der Waals surface area contributed by atoms with Gasteiger partial charge in [-0.2, -0.15) is 0 Å². The molecule has 5 nitrogen and oxygen atoms in total. The van der Waals surface area contributed by atoms with Crippen LogP contribution in [0, 0.1) is 13.1 Å². The summed E-state index contributed by atoms with van der Waals surface area (Å²) in [4.78, 5) is 13.1. The van der Waals surface area contributed by atoms with Crippen LogP contribution in [0.1, 0.15) is 0 Å². The van der Waals surface area contributed by atoms with E-state index in [1.54, 1.807) is 0 Å². The second kappa shape index (κ2) is 18.4. The molecule has 79 heavy (non-hydrogen) atoms. The standard InChI is InChI=1S/C74H44N4O/c1-75-66-46-65(51-33-37-54(38-34-51)77(53-20-7-4-8-21-53)57-41-30-48-18-9-10-19-52(48)44-57)70-59-23-11-12-24-60(59)71-67(76-2)45-64(61-42-43-63(66)73(70)72(61)71)50-31-39-56(40-32-50)78(55-35-28-49(29-36-55)47-16-5-3-6-17-47)68-26-15-25-62-58-22-13-14-27-69(58)79-74(62)68/h3-46H. The van der Waals surface area contributed by atoms with Crippen molar-refractivity contribution < 1.29 is 4.42 Å². The summed E-state index contributed by atoms with van der Waals surface area (Å²) in [6, 6.07) is 93.6. The van der Waals surface area contributed by atoms with Crippen LogP contribution in [0.4, 0.5) is 45.5 Å². The summed E-state index contributed by atoms with van der Waals surface area (Å²) in [7, 11) is 0. The van der Waals surface area contributed by atoms with E-state index in [-0.39, 0.29) is 0 Å². The molecule has 0 fully saturated rings. The number of furan rings is 1. The summed E-state index contributed by atoms with van der Waals surface area (Å²) in [5.74, 6) is 0. The fourth-order valence-electron chi connectivity index (χ4n) is 12.2. The van der Waals surface area contributed by atoms with Crippen molar-refractivity contribution in [3.8, 4) is 33.4 Å². The Morgan fingerprint density at radius 2 is 0.797 bits per heavy atom. The molecule has 0 aliphatic heterocycles. The molecule has 0 spiro atoms. The molecule has 0 unspecified atom stereocenters. The third-order valence-electron chi connectivity index (χ3n) is 15.8. The number of hydrogen-bond acceptors (Lipinski definition) is 3. The second-order valence-corrected chi connectivity index (χ2v) is 20.1. The molecule has 0 amide bonds. The molecule has 15 aromatic rings. The van der Waals surface area contributed by atoms with Gasteiger partial charge in [-0.15, -0.1) is 0 Å². The number of para-hydroxylation sites is 3. The van der Waals surface area contributed by atoms with Gasteiger partial charge in [0.2, 0.25) is 0 Å². The second-order valence-electron chi connectivity index (χ2n) is 20.1. The van der Waals surface area contributed by atoms with Gasteiger partial charge in [-0.1, -0.05) is 182 Å². The van der Waals surface area contributed by atoms with Crippen molar-refractivity contribution in [1.29, 1.82) is 0 Å². The van der Waals surface area contributed by atoms with Crippen molar-refractivity contribution in [2.75, 3.05) is 9.80 Å². The van der Waals surface area contributed by atoms with Gasteiger partial charge in [0.15, 0.2) is 17.0 Å². The minimum atomic E-state index is 0.572. The number of benzene rings is 14. The van der Waals surface area contributed by atoms with Crippen molar-refractivity contribution >= 4 is 121 Å². The summed E-state index contributed by atoms with van der Waals surface area (Å²) < 4.78 is 6.68. The Morgan fingerprint density at radius 3 is 1.51 bits per heavy atom. The highest BCUT2D eigenvalue weighted by atomic mass is 16.3. The van der Waals surface area contributed by atoms with E-state index in [1.807, 2.05) is 24.3 Å². The van der Waals surface area contributed by atoms with Crippen LogP contribution in [0.3, 0.4) is 0 Å². The number of anilines is 6. The smallest absolute Gasteiger partial charge is 0.196 e. The highest BCUT2D eigenvalue weighted by Gasteiger charge is 2.25. The van der Waals surface area contributed by atoms with Crippen molar-refractivity contribution in [2.45, 2.75) is 0 Å². The third kappa shape index (κ3) is 7.37. The highest BCUT2D eigenvalue weighted by Crippen LogP contribution is 2.53. The quantitative estimate of drug-likeness (QED) is 0.0819. The fraction of sp³-hybridized carbons (Fsp3) is 0. The molecular weight excluding hydrogens is 961 g/mol. The van der Waals surface area contributed by atoms with Gasteiger partial charge in [0.1, 0.15) is 5.58 Å². The van der Waals surface area contributed by atoms with Crippen LogP contribution < -0.4 is 9.80 Å². The Hall–Kier alpha value is -11.0. The van der Waals surface area contributed by atoms with Crippen LogP contribution in [-0.2, 0) is 0 Å². The monoisotopic (exact) mass is 1000 g/mol. The van der Waals surface area contributed by atoms with Gasteiger partial charge in [-0.05, 0) is 172 Å². The first-order chi connectivity index (χ1) is 39.1. The predicted molar refractivity (Wildman–Crippen MR) is 331 cm³/mol. The zero-order valence-corrected chi connectivity index (χ0v) is 42.6. The van der Waals surface area contributed by atoms with Crippen molar-refractivity contribution in [3.05, 3.63) is 290 Å². The van der Waals surface area contributed by atoms with Gasteiger partial charge in [0.05, 0.1) is 18.8 Å². The van der Waals surface area contributed by atoms with Crippen molar-refractivity contribution in [3.63, 3.8) is 0 Å². The fourth-order valence-corrected chi connectivity index (χ4v) is 12.2. The Kier molecular flexibility index (Phi) is 10.6. The van der Waals surface area contributed by atoms with Gasteiger partial charge in [0, 0.05) is 39.2 Å². The summed E-state index contributed by atoms with van der Waals surface area (Å²) in [5.41, 5.74) is 15.0. The SMILES string of the molecule is [C-]#[N+]c1cc(-c2ccc(N(c3ccccc3)c3ccc4ccccc4c3)cc2)c2c3ccccc3c3c([N+]#[C-])cc(-c4ccc(N(c5ccc(-c6ccccc6)cc5)c5cccc6c5oc5ccccc56)cc4)c4ccc1c2c43. The van der Waals surface area contributed by atoms with Crippen LogP contribution in [-0.4, -0.2) is 0 Å². The van der Waals surface area contributed by atoms with Gasteiger partial charge in [-0.3, -0.25) is 0 Å². The Balaban J connectivity index is 0.895. The highest BCUT2D eigenvalue weighted by molar-refractivity contribution is 6.40. The lowest BCUT2D eigenvalue weighted by Gasteiger charge is -2.26. The normalized spacial score (nSPS) is 11.5. The summed E-state index contributed by atoms with van der Waals surface area (Å²) in [6.07, 6.45) is 0. The molecule has 1 aromatic heterocycles. The van der Waals surface area contributed by atoms with E-state index in [4.69, 9.17) is 17.6 Å². The van der Waals surface area contributed by atoms with Crippen molar-refractivity contribution in [1.82, 2.24) is 0 Å². The minimum absolute atomic E-state index is 0.572. The first kappa shape index (κ1) is 45.4. The van der Waals surface area contributed by atoms with Crippen LogP contribution in [0.25, 0.3) is 119 Å². The first-order valence-corrected chi connectivity index (χ1v) is 26.5. The Bertz CT molecular complexity index is 4960. The molecule has 0 atom stereocenters. The number of nitrogens with zero attached hydrogens (tertiary/aromatic N) is 4. The van der Waals surface area contributed by atoms with Gasteiger partial charge >= 0.3 is 0 Å². The molecule has 0 saturated heterocycles. The Labute approximate surface area is 456 Å². The van der Waals surface area contributed by atoms with Crippen LogP contribution in [0.5, 0.6) is 0 Å². The predicted octanol–water partition coefficient (Wildman–Crippen LogP) is 21.8. The largest absolute Gasteiger partial charge is 0.454 e. The van der Waals surface area contributed by atoms with Gasteiger partial charge in [0.25, 0.3) is 0 Å². The lowest BCUT2D eigenvalue weighted by molar-refractivity contribution is 0.669. The third-order valence-corrected chi connectivity index (χ3v) is 15.8. The minimum Gasteiger partial charge on any atom is -0.454 e. The molecule has 0 aliphatic rings. The summed E-state index contributed by atoms with van der Waals surface area (Å²) in [5, 5.41) is 12.4. The molecule has 5 heteroatoms. The van der Waals surface area contributed by atoms with E-state index in [1.165, 1.54) is 10.8 Å². The lowest BCUT2D eigenvalue weighted by atomic mass is 9.82. The van der Waals surface area contributed by atoms with E-state index < -0.39 is 0 Å². The molecule has 0 N–H and O–H groups in total. The maximum absolute atomic E-state index is 8.78. The zero-order valence-electron chi connectivity index (χ0n) is 42.6. The molecular formula is C74H44N4O. The van der Waals surface area contributed by atoms with Gasteiger partial charge in [-0.25, -0.2) is 9.69 Å². The maximum atomic E-state index is 8.78. The number of fused-ring (bicyclic) bond motifs is 7. The molecule has 0 bridgehead atoms. The Morgan fingerprint density at radius 1 is 0.291 bits per heavy atom. The maximum Gasteiger partial charge on any atom is 0.196 e. The van der Waals surface area contributed by atoms with Crippen LogP contribution in [0.15, 0.2) is 271 Å². The first-order valence-electron chi connectivity index (χ1n) is 26.5. The molecule has 14 aromatic carbocycles. The van der Waals surface area contributed by atoms with Crippen LogP contribution in [0.2, 0.25) is 0 Å². The van der Waals surface area contributed by atoms with E-state index in [9.17, 15) is 0 Å². The van der Waals surface area contributed by atoms with E-state index in [0.29, 0.717) is 11.4 Å². The summed E-state index contributed by atoms with van der Waals surface area (Å²) in [6.45, 7) is 17.4. The van der Waals surface area contributed by atoms with Crippen LogP contribution >= 0.6 is 0 Å². The van der Waals surface area contributed by atoms with E-state index in [2.05, 4.69) is 262 Å². The molecule has 0 radical (unpaired) electrons. The van der Waals surface area contributed by atoms with E-state index >= 15 is 0 Å². The summed E-state index contributed by atoms with van der Waals surface area (Å²) >= 11 is 0. The zero-order chi connectivity index (χ0) is 52.6. The van der Waals surface area contributed by atoms with Gasteiger partial charge < -0.3 is 14.2 Å². The topological polar surface area (TPSA) is 28.3 Å². The average molecular weight is 1010 g/mol. The average Bonchev–Trinajstić information content (AvgIpc) is 4.05. The van der Waals surface area contributed by atoms with E-state index in [0.717, 1.165) is 133 Å². The number of rotatable bonds is 9.